The van der Waals surface area contributed by atoms with Crippen molar-refractivity contribution >= 4 is 11.7 Å². The molecule has 1 atom stereocenters. The molecule has 16 heavy (non-hydrogen) atoms. The van der Waals surface area contributed by atoms with Crippen LogP contribution in [0.3, 0.4) is 0 Å². The second-order valence-electron chi connectivity index (χ2n) is 3.68. The third-order valence-electron chi connectivity index (χ3n) is 2.51. The summed E-state index contributed by atoms with van der Waals surface area (Å²) < 4.78 is 0. The Morgan fingerprint density at radius 1 is 1.56 bits per heavy atom. The number of H-pyrrole nitrogens is 1. The zero-order valence-electron chi connectivity index (χ0n) is 8.53. The highest BCUT2D eigenvalue weighted by Crippen LogP contribution is 2.10. The number of nitro groups is 1. The molecular weight excluding hydrogens is 212 g/mol. The summed E-state index contributed by atoms with van der Waals surface area (Å²) in [5.74, 6) is -0.475. The van der Waals surface area contributed by atoms with Gasteiger partial charge in [0.1, 0.15) is 0 Å². The normalized spacial score (nSPS) is 19.6. The summed E-state index contributed by atoms with van der Waals surface area (Å²) in [5.41, 5.74) is 0.221. The minimum atomic E-state index is -0.562. The molecule has 7 heteroatoms. The number of aromatic nitrogens is 1. The second kappa shape index (κ2) is 4.31. The van der Waals surface area contributed by atoms with Crippen LogP contribution in [0.1, 0.15) is 16.9 Å². The van der Waals surface area contributed by atoms with E-state index in [1.165, 1.54) is 12.1 Å². The topological polar surface area (TPSA) is 100 Å². The summed E-state index contributed by atoms with van der Waals surface area (Å²) in [6, 6.07) is 2.80. The molecule has 1 fully saturated rings. The lowest BCUT2D eigenvalue weighted by atomic mass is 10.2. The van der Waals surface area contributed by atoms with Crippen LogP contribution in [0.15, 0.2) is 12.1 Å². The maximum Gasteiger partial charge on any atom is 0.321 e. The van der Waals surface area contributed by atoms with Crippen molar-refractivity contribution in [3.63, 3.8) is 0 Å². The lowest BCUT2D eigenvalue weighted by Gasteiger charge is -2.08. The van der Waals surface area contributed by atoms with E-state index in [1.807, 2.05) is 0 Å². The van der Waals surface area contributed by atoms with Gasteiger partial charge in [-0.2, -0.15) is 0 Å². The Kier molecular flexibility index (Phi) is 2.86. The van der Waals surface area contributed by atoms with Gasteiger partial charge >= 0.3 is 5.82 Å². The Bertz CT molecular complexity index is 409. The number of carbonyl (C=O) groups is 1. The fraction of sp³-hybridized carbons (Fsp3) is 0.444. The van der Waals surface area contributed by atoms with Gasteiger partial charge in [-0.15, -0.1) is 0 Å². The molecule has 2 rings (SSSR count). The lowest BCUT2D eigenvalue weighted by molar-refractivity contribution is -0.389. The fourth-order valence-electron chi connectivity index (χ4n) is 1.66. The van der Waals surface area contributed by atoms with Crippen molar-refractivity contribution in [3.8, 4) is 0 Å². The zero-order chi connectivity index (χ0) is 11.5. The summed E-state index contributed by atoms with van der Waals surface area (Å²) in [6.07, 6.45) is 0.883. The highest BCUT2D eigenvalue weighted by molar-refractivity contribution is 5.93. The van der Waals surface area contributed by atoms with Crippen molar-refractivity contribution < 1.29 is 9.72 Å². The van der Waals surface area contributed by atoms with Crippen LogP contribution in [0, 0.1) is 10.1 Å². The third-order valence-corrected chi connectivity index (χ3v) is 2.51. The molecule has 0 unspecified atom stereocenters. The van der Waals surface area contributed by atoms with Crippen LogP contribution in [0.25, 0.3) is 0 Å². The van der Waals surface area contributed by atoms with E-state index in [1.54, 1.807) is 0 Å². The van der Waals surface area contributed by atoms with Crippen LogP contribution < -0.4 is 10.6 Å². The SMILES string of the molecule is O=C(N[C@@H]1CCNC1)c1ccc([N+](=O)[O-])[nH]1. The Hall–Kier alpha value is -1.89. The number of nitrogens with one attached hydrogen (secondary N) is 3. The summed E-state index contributed by atoms with van der Waals surface area (Å²) in [4.78, 5) is 24.0. The van der Waals surface area contributed by atoms with Gasteiger partial charge in [0.15, 0.2) is 5.69 Å². The summed E-state index contributed by atoms with van der Waals surface area (Å²) in [5, 5.41) is 16.3. The quantitative estimate of drug-likeness (QED) is 0.497. The zero-order valence-corrected chi connectivity index (χ0v) is 8.53. The molecule has 1 aromatic rings. The molecule has 0 bridgehead atoms. The average Bonchev–Trinajstić information content (AvgIpc) is 2.86. The molecule has 7 nitrogen and oxygen atoms in total. The Morgan fingerprint density at radius 2 is 2.38 bits per heavy atom. The van der Waals surface area contributed by atoms with Crippen LogP contribution in [0.4, 0.5) is 5.82 Å². The van der Waals surface area contributed by atoms with Crippen molar-refractivity contribution in [1.82, 2.24) is 15.6 Å². The van der Waals surface area contributed by atoms with Crippen molar-refractivity contribution in [2.75, 3.05) is 13.1 Å². The second-order valence-corrected chi connectivity index (χ2v) is 3.68. The number of rotatable bonds is 3. The van der Waals surface area contributed by atoms with Gasteiger partial charge in [-0.3, -0.25) is 4.79 Å². The summed E-state index contributed by atoms with van der Waals surface area (Å²) >= 11 is 0. The Balaban J connectivity index is 1.99. The molecule has 0 aromatic carbocycles. The first-order valence-electron chi connectivity index (χ1n) is 5.02. The van der Waals surface area contributed by atoms with Gasteiger partial charge in [0.25, 0.3) is 5.91 Å². The Morgan fingerprint density at radius 3 is 2.94 bits per heavy atom. The van der Waals surface area contributed by atoms with Crippen LogP contribution in [-0.4, -0.2) is 34.9 Å². The molecule has 1 aliphatic heterocycles. The van der Waals surface area contributed by atoms with E-state index in [0.29, 0.717) is 0 Å². The molecule has 0 spiro atoms. The number of carbonyl (C=O) groups excluding carboxylic acids is 1. The molecule has 1 saturated heterocycles. The molecule has 0 saturated carbocycles. The molecular formula is C9H12N4O3. The van der Waals surface area contributed by atoms with Gasteiger partial charge in [-0.1, -0.05) is 0 Å². The highest BCUT2D eigenvalue weighted by Gasteiger charge is 2.20. The van der Waals surface area contributed by atoms with E-state index in [9.17, 15) is 14.9 Å². The number of nitrogens with zero attached hydrogens (tertiary/aromatic N) is 1. The van der Waals surface area contributed by atoms with Gasteiger partial charge in [-0.25, -0.2) is 4.98 Å². The van der Waals surface area contributed by atoms with Gasteiger partial charge in [0.05, 0.1) is 0 Å². The Labute approximate surface area is 91.4 Å². The molecule has 1 amide bonds. The number of hydrogen-bond donors (Lipinski definition) is 3. The predicted octanol–water partition coefficient (Wildman–Crippen LogP) is 0.0146. The molecule has 0 radical (unpaired) electrons. The molecule has 2 heterocycles. The maximum atomic E-state index is 11.6. The van der Waals surface area contributed by atoms with Gasteiger partial charge < -0.3 is 20.7 Å². The van der Waals surface area contributed by atoms with Crippen LogP contribution in [-0.2, 0) is 0 Å². The van der Waals surface area contributed by atoms with Crippen LogP contribution >= 0.6 is 0 Å². The van der Waals surface area contributed by atoms with E-state index in [-0.39, 0.29) is 23.5 Å². The molecule has 0 aliphatic carbocycles. The van der Waals surface area contributed by atoms with Crippen molar-refractivity contribution in [3.05, 3.63) is 27.9 Å². The van der Waals surface area contributed by atoms with E-state index in [0.717, 1.165) is 19.5 Å². The van der Waals surface area contributed by atoms with E-state index >= 15 is 0 Å². The molecule has 1 aromatic heterocycles. The minimum absolute atomic E-state index is 0.106. The van der Waals surface area contributed by atoms with Gasteiger partial charge in [-0.05, 0) is 24.0 Å². The monoisotopic (exact) mass is 224 g/mol. The largest absolute Gasteiger partial charge is 0.358 e. The van der Waals surface area contributed by atoms with E-state index in [2.05, 4.69) is 15.6 Å². The lowest BCUT2D eigenvalue weighted by Crippen LogP contribution is -2.36. The van der Waals surface area contributed by atoms with Gasteiger partial charge in [0, 0.05) is 18.7 Å². The smallest absolute Gasteiger partial charge is 0.321 e. The number of aromatic amines is 1. The molecule has 1 aliphatic rings. The number of amides is 1. The minimum Gasteiger partial charge on any atom is -0.358 e. The standard InChI is InChI=1S/C9H12N4O3/c14-9(11-6-3-4-10-5-6)7-1-2-8(12-7)13(15)16/h1-2,6,10,12H,3-5H2,(H,11,14)/t6-/m1/s1. The van der Waals surface area contributed by atoms with Crippen molar-refractivity contribution in [1.29, 1.82) is 0 Å². The molecule has 3 N–H and O–H groups in total. The summed E-state index contributed by atoms with van der Waals surface area (Å²) in [6.45, 7) is 1.63. The van der Waals surface area contributed by atoms with Gasteiger partial charge in [0.2, 0.25) is 0 Å². The average molecular weight is 224 g/mol. The summed E-state index contributed by atoms with van der Waals surface area (Å²) in [7, 11) is 0. The fourth-order valence-corrected chi connectivity index (χ4v) is 1.66. The maximum absolute atomic E-state index is 11.6. The highest BCUT2D eigenvalue weighted by atomic mass is 16.6. The van der Waals surface area contributed by atoms with E-state index in [4.69, 9.17) is 0 Å². The third kappa shape index (κ3) is 2.19. The molecule has 86 valence electrons. The first-order chi connectivity index (χ1) is 7.66. The first-order valence-corrected chi connectivity index (χ1v) is 5.02. The van der Waals surface area contributed by atoms with Crippen LogP contribution in [0.5, 0.6) is 0 Å². The van der Waals surface area contributed by atoms with Crippen molar-refractivity contribution in [2.45, 2.75) is 12.5 Å². The first kappa shape index (κ1) is 10.6. The van der Waals surface area contributed by atoms with Crippen LogP contribution in [0.2, 0.25) is 0 Å². The van der Waals surface area contributed by atoms with Crippen molar-refractivity contribution in [2.24, 2.45) is 0 Å². The number of hydrogen-bond acceptors (Lipinski definition) is 4. The van der Waals surface area contributed by atoms with E-state index < -0.39 is 4.92 Å². The predicted molar refractivity (Wildman–Crippen MR) is 56.2 cm³/mol.